The van der Waals surface area contributed by atoms with E-state index in [2.05, 4.69) is 21.2 Å². The van der Waals surface area contributed by atoms with Crippen molar-refractivity contribution in [3.63, 3.8) is 0 Å². The second-order valence-electron chi connectivity index (χ2n) is 5.34. The van der Waals surface area contributed by atoms with Crippen molar-refractivity contribution >= 4 is 27.8 Å². The van der Waals surface area contributed by atoms with Crippen LogP contribution in [-0.4, -0.2) is 27.6 Å². The van der Waals surface area contributed by atoms with Crippen LogP contribution in [0.15, 0.2) is 16.7 Å². The molecular formula is C14H19BrN2O3. The number of aliphatic carboxylic acids is 1. The van der Waals surface area contributed by atoms with Gasteiger partial charge in [-0.3, -0.25) is 9.59 Å². The van der Waals surface area contributed by atoms with Gasteiger partial charge in [0.15, 0.2) is 0 Å². The monoisotopic (exact) mass is 342 g/mol. The van der Waals surface area contributed by atoms with E-state index in [4.69, 9.17) is 5.11 Å². The van der Waals surface area contributed by atoms with Crippen molar-refractivity contribution in [2.75, 3.05) is 0 Å². The van der Waals surface area contributed by atoms with E-state index in [1.54, 1.807) is 0 Å². The molecule has 1 saturated carbocycles. The molecule has 2 rings (SSSR count). The highest BCUT2D eigenvalue weighted by atomic mass is 79.9. The van der Waals surface area contributed by atoms with Crippen LogP contribution in [0.4, 0.5) is 0 Å². The first-order valence-electron chi connectivity index (χ1n) is 6.87. The van der Waals surface area contributed by atoms with Gasteiger partial charge in [-0.15, -0.1) is 0 Å². The minimum atomic E-state index is -0.796. The first-order valence-corrected chi connectivity index (χ1v) is 7.66. The molecule has 0 aromatic carbocycles. The van der Waals surface area contributed by atoms with Gasteiger partial charge in [0.25, 0.3) is 5.91 Å². The summed E-state index contributed by atoms with van der Waals surface area (Å²) < 4.78 is 2.93. The number of halogens is 1. The Balaban J connectivity index is 1.89. The quantitative estimate of drug-likeness (QED) is 0.800. The molecule has 1 atom stereocenters. The highest BCUT2D eigenvalue weighted by Gasteiger charge is 2.28. The van der Waals surface area contributed by atoms with Crippen LogP contribution < -0.4 is 5.32 Å². The van der Waals surface area contributed by atoms with Gasteiger partial charge < -0.3 is 15.0 Å². The normalized spacial score (nSPS) is 15.9. The number of hydrogen-bond donors (Lipinski definition) is 2. The highest BCUT2D eigenvalue weighted by Crippen LogP contribution is 2.37. The van der Waals surface area contributed by atoms with Gasteiger partial charge in [-0.05, 0) is 54.6 Å². The van der Waals surface area contributed by atoms with E-state index in [0.717, 1.165) is 17.3 Å². The molecule has 1 aromatic heterocycles. The summed E-state index contributed by atoms with van der Waals surface area (Å²) in [5.41, 5.74) is 0.671. The van der Waals surface area contributed by atoms with E-state index in [-0.39, 0.29) is 18.4 Å². The van der Waals surface area contributed by atoms with Crippen molar-refractivity contribution in [3.05, 3.63) is 22.4 Å². The Kier molecular flexibility index (Phi) is 4.86. The third kappa shape index (κ3) is 4.10. The number of carboxylic acid groups (broad SMARTS) is 1. The lowest BCUT2D eigenvalue weighted by Gasteiger charge is -2.14. The van der Waals surface area contributed by atoms with E-state index in [9.17, 15) is 9.59 Å². The van der Waals surface area contributed by atoms with E-state index in [0.29, 0.717) is 24.6 Å². The summed E-state index contributed by atoms with van der Waals surface area (Å²) in [7, 11) is 0. The molecule has 0 radical (unpaired) electrons. The molecule has 1 aliphatic rings. The number of rotatable bonds is 7. The Bertz CT molecular complexity index is 509. The Morgan fingerprint density at radius 2 is 2.25 bits per heavy atom. The Morgan fingerprint density at radius 3 is 2.85 bits per heavy atom. The molecular weight excluding hydrogens is 324 g/mol. The molecule has 1 unspecified atom stereocenters. The maximum atomic E-state index is 12.2. The zero-order valence-corrected chi connectivity index (χ0v) is 13.0. The van der Waals surface area contributed by atoms with Crippen LogP contribution in [0.1, 0.15) is 55.6 Å². The van der Waals surface area contributed by atoms with Gasteiger partial charge in [0.05, 0.1) is 0 Å². The molecule has 1 aromatic rings. The molecule has 20 heavy (non-hydrogen) atoms. The minimum absolute atomic E-state index is 0.0248. The largest absolute Gasteiger partial charge is 0.481 e. The SMILES string of the molecule is CC(CCCC(=O)O)NC(=O)c1cc(Br)cn1C1CC1. The molecule has 1 heterocycles. The van der Waals surface area contributed by atoms with Gasteiger partial charge in [-0.1, -0.05) is 0 Å². The fourth-order valence-corrected chi connectivity index (χ4v) is 2.65. The summed E-state index contributed by atoms with van der Waals surface area (Å²) in [5.74, 6) is -0.888. The van der Waals surface area contributed by atoms with Crippen molar-refractivity contribution in [2.24, 2.45) is 0 Å². The predicted molar refractivity (Wildman–Crippen MR) is 78.8 cm³/mol. The smallest absolute Gasteiger partial charge is 0.303 e. The van der Waals surface area contributed by atoms with Crippen LogP contribution in [0.3, 0.4) is 0 Å². The average molecular weight is 343 g/mol. The number of amides is 1. The van der Waals surface area contributed by atoms with Gasteiger partial charge >= 0.3 is 5.97 Å². The Labute approximate surface area is 126 Å². The molecule has 1 fully saturated rings. The molecule has 1 aliphatic carbocycles. The lowest BCUT2D eigenvalue weighted by atomic mass is 10.1. The van der Waals surface area contributed by atoms with Crippen molar-refractivity contribution in [2.45, 2.75) is 51.1 Å². The number of carboxylic acids is 1. The summed E-state index contributed by atoms with van der Waals surface area (Å²) in [5, 5.41) is 11.5. The van der Waals surface area contributed by atoms with Gasteiger partial charge in [0.2, 0.25) is 0 Å². The Hall–Kier alpha value is -1.30. The van der Waals surface area contributed by atoms with Crippen molar-refractivity contribution in [3.8, 4) is 0 Å². The van der Waals surface area contributed by atoms with Crippen LogP contribution in [0.2, 0.25) is 0 Å². The summed E-state index contributed by atoms with van der Waals surface area (Å²) in [6.07, 6.45) is 5.57. The molecule has 2 N–H and O–H groups in total. The van der Waals surface area contributed by atoms with Crippen LogP contribution >= 0.6 is 15.9 Å². The van der Waals surface area contributed by atoms with E-state index >= 15 is 0 Å². The molecule has 0 aliphatic heterocycles. The highest BCUT2D eigenvalue weighted by molar-refractivity contribution is 9.10. The number of nitrogens with zero attached hydrogens (tertiary/aromatic N) is 1. The van der Waals surface area contributed by atoms with Crippen LogP contribution in [0.5, 0.6) is 0 Å². The summed E-state index contributed by atoms with van der Waals surface area (Å²) >= 11 is 3.41. The van der Waals surface area contributed by atoms with Gasteiger partial charge in [0.1, 0.15) is 5.69 Å². The number of carbonyl (C=O) groups excluding carboxylic acids is 1. The lowest BCUT2D eigenvalue weighted by Crippen LogP contribution is -2.33. The fourth-order valence-electron chi connectivity index (χ4n) is 2.21. The first-order chi connectivity index (χ1) is 9.47. The van der Waals surface area contributed by atoms with Crippen LogP contribution in [0.25, 0.3) is 0 Å². The van der Waals surface area contributed by atoms with E-state index in [1.165, 1.54) is 0 Å². The molecule has 6 heteroatoms. The second-order valence-corrected chi connectivity index (χ2v) is 6.26. The standard InChI is InChI=1S/C14H19BrN2O3/c1-9(3-2-4-13(18)19)16-14(20)12-7-10(15)8-17(12)11-5-6-11/h7-9,11H,2-6H2,1H3,(H,16,20)(H,18,19). The van der Waals surface area contributed by atoms with Crippen molar-refractivity contribution in [1.82, 2.24) is 9.88 Å². The average Bonchev–Trinajstić information content (AvgIpc) is 3.11. The Morgan fingerprint density at radius 1 is 1.55 bits per heavy atom. The summed E-state index contributed by atoms with van der Waals surface area (Å²) in [6, 6.07) is 2.25. The third-order valence-corrected chi connectivity index (χ3v) is 3.83. The number of hydrogen-bond acceptors (Lipinski definition) is 2. The summed E-state index contributed by atoms with van der Waals surface area (Å²) in [4.78, 5) is 22.7. The maximum Gasteiger partial charge on any atom is 0.303 e. The van der Waals surface area contributed by atoms with E-state index < -0.39 is 5.97 Å². The molecule has 0 bridgehead atoms. The number of nitrogens with one attached hydrogen (secondary N) is 1. The molecule has 110 valence electrons. The minimum Gasteiger partial charge on any atom is -0.481 e. The van der Waals surface area contributed by atoms with Gasteiger partial charge in [-0.2, -0.15) is 0 Å². The predicted octanol–water partition coefficient (Wildman–Crippen LogP) is 2.96. The lowest BCUT2D eigenvalue weighted by molar-refractivity contribution is -0.137. The topological polar surface area (TPSA) is 71.3 Å². The van der Waals surface area contributed by atoms with Crippen LogP contribution in [-0.2, 0) is 4.79 Å². The first kappa shape index (κ1) is 15.1. The van der Waals surface area contributed by atoms with E-state index in [1.807, 2.05) is 23.8 Å². The maximum absolute atomic E-state index is 12.2. The number of aromatic nitrogens is 1. The van der Waals surface area contributed by atoms with Gasteiger partial charge in [0, 0.05) is 29.2 Å². The third-order valence-electron chi connectivity index (χ3n) is 3.39. The van der Waals surface area contributed by atoms with Gasteiger partial charge in [-0.25, -0.2) is 0 Å². The second kappa shape index (κ2) is 6.43. The molecule has 5 nitrogen and oxygen atoms in total. The van der Waals surface area contributed by atoms with Crippen molar-refractivity contribution in [1.29, 1.82) is 0 Å². The number of carbonyl (C=O) groups is 2. The fraction of sp³-hybridized carbons (Fsp3) is 0.571. The molecule has 0 spiro atoms. The van der Waals surface area contributed by atoms with Crippen LogP contribution in [0, 0.1) is 0 Å². The zero-order chi connectivity index (χ0) is 14.7. The van der Waals surface area contributed by atoms with Crippen molar-refractivity contribution < 1.29 is 14.7 Å². The molecule has 1 amide bonds. The molecule has 0 saturated heterocycles. The zero-order valence-electron chi connectivity index (χ0n) is 11.4. The summed E-state index contributed by atoms with van der Waals surface area (Å²) in [6.45, 7) is 1.90.